The van der Waals surface area contributed by atoms with Crippen LogP contribution in [-0.4, -0.2) is 13.1 Å². The van der Waals surface area contributed by atoms with E-state index in [1.165, 1.54) is 6.07 Å². The van der Waals surface area contributed by atoms with Gasteiger partial charge in [-0.1, -0.05) is 6.07 Å². The number of halogens is 1. The lowest BCUT2D eigenvalue weighted by molar-refractivity contribution is 0.624. The molecule has 0 bridgehead atoms. The molecular weight excluding hydrogens is 169 g/mol. The van der Waals surface area contributed by atoms with E-state index in [0.717, 1.165) is 0 Å². The van der Waals surface area contributed by atoms with Crippen LogP contribution in [0.15, 0.2) is 18.2 Å². The first kappa shape index (κ1) is 9.49. The second-order valence-corrected chi connectivity index (χ2v) is 2.49. The highest BCUT2D eigenvalue weighted by Gasteiger charge is 2.05. The van der Waals surface area contributed by atoms with E-state index < -0.39 is 5.82 Å². The minimum Gasteiger partial charge on any atom is -0.383 e. The molecule has 0 spiro atoms. The molecule has 3 N–H and O–H groups in total. The third kappa shape index (κ3) is 2.17. The molecule has 0 atom stereocenters. The molecule has 1 rings (SSSR count). The Labute approximate surface area is 76.0 Å². The van der Waals surface area contributed by atoms with Crippen molar-refractivity contribution in [3.8, 4) is 6.07 Å². The molecule has 3 nitrogen and oxygen atoms in total. The lowest BCUT2D eigenvalue weighted by atomic mass is 10.2. The Morgan fingerprint density at radius 3 is 2.92 bits per heavy atom. The van der Waals surface area contributed by atoms with E-state index in [1.54, 1.807) is 18.2 Å². The van der Waals surface area contributed by atoms with Gasteiger partial charge < -0.3 is 11.1 Å². The van der Waals surface area contributed by atoms with Gasteiger partial charge in [-0.3, -0.25) is 0 Å². The van der Waals surface area contributed by atoms with Crippen molar-refractivity contribution in [3.63, 3.8) is 0 Å². The first-order valence-corrected chi connectivity index (χ1v) is 3.92. The fraction of sp³-hybridized carbons (Fsp3) is 0.222. The van der Waals surface area contributed by atoms with Crippen LogP contribution in [0.2, 0.25) is 0 Å². The standard InChI is InChI=1S/C9H10FN3/c10-8-2-1-3-9(7(8)6-12)13-5-4-11/h1-3,13H,4-5,11H2. The summed E-state index contributed by atoms with van der Waals surface area (Å²) in [5.74, 6) is -0.510. The minimum absolute atomic E-state index is 0.0379. The van der Waals surface area contributed by atoms with Gasteiger partial charge in [-0.05, 0) is 12.1 Å². The number of hydrogen-bond donors (Lipinski definition) is 2. The summed E-state index contributed by atoms with van der Waals surface area (Å²) in [5, 5.41) is 11.5. The van der Waals surface area contributed by atoms with Gasteiger partial charge in [0, 0.05) is 13.1 Å². The molecule has 0 saturated carbocycles. The van der Waals surface area contributed by atoms with E-state index >= 15 is 0 Å². The lowest BCUT2D eigenvalue weighted by Crippen LogP contribution is -2.14. The first-order valence-electron chi connectivity index (χ1n) is 3.92. The van der Waals surface area contributed by atoms with Gasteiger partial charge in [0.15, 0.2) is 0 Å². The molecule has 0 aliphatic rings. The minimum atomic E-state index is -0.510. The second-order valence-electron chi connectivity index (χ2n) is 2.49. The summed E-state index contributed by atoms with van der Waals surface area (Å²) in [7, 11) is 0. The highest BCUT2D eigenvalue weighted by Crippen LogP contribution is 2.16. The smallest absolute Gasteiger partial charge is 0.143 e. The number of nitrogens with zero attached hydrogens (tertiary/aromatic N) is 1. The molecule has 1 aromatic carbocycles. The number of nitriles is 1. The molecule has 0 aliphatic heterocycles. The van der Waals surface area contributed by atoms with Crippen molar-refractivity contribution in [1.82, 2.24) is 0 Å². The van der Waals surface area contributed by atoms with Crippen LogP contribution < -0.4 is 11.1 Å². The Balaban J connectivity index is 2.93. The Bertz CT molecular complexity index is 330. The van der Waals surface area contributed by atoms with Crippen LogP contribution in [0.3, 0.4) is 0 Å². The largest absolute Gasteiger partial charge is 0.383 e. The molecule has 0 aromatic heterocycles. The lowest BCUT2D eigenvalue weighted by Gasteiger charge is -2.06. The van der Waals surface area contributed by atoms with Crippen molar-refractivity contribution in [3.05, 3.63) is 29.6 Å². The average Bonchev–Trinajstić information content (AvgIpc) is 2.15. The molecule has 68 valence electrons. The van der Waals surface area contributed by atoms with Crippen molar-refractivity contribution in [2.45, 2.75) is 0 Å². The summed E-state index contributed by atoms with van der Waals surface area (Å²) in [6, 6.07) is 6.25. The zero-order valence-corrected chi connectivity index (χ0v) is 7.05. The molecule has 4 heteroatoms. The number of hydrogen-bond acceptors (Lipinski definition) is 3. The van der Waals surface area contributed by atoms with Crippen molar-refractivity contribution < 1.29 is 4.39 Å². The van der Waals surface area contributed by atoms with Gasteiger partial charge in [-0.15, -0.1) is 0 Å². The average molecular weight is 179 g/mol. The topological polar surface area (TPSA) is 61.8 Å². The zero-order valence-electron chi connectivity index (χ0n) is 7.05. The Hall–Kier alpha value is -1.60. The van der Waals surface area contributed by atoms with Crippen LogP contribution in [0.4, 0.5) is 10.1 Å². The third-order valence-corrected chi connectivity index (χ3v) is 1.59. The number of anilines is 1. The number of benzene rings is 1. The SMILES string of the molecule is N#Cc1c(F)cccc1NCCN. The number of nitrogens with two attached hydrogens (primary N) is 1. The summed E-state index contributed by atoms with van der Waals surface area (Å²) < 4.78 is 13.0. The van der Waals surface area contributed by atoms with E-state index in [-0.39, 0.29) is 5.56 Å². The van der Waals surface area contributed by atoms with E-state index in [0.29, 0.717) is 18.8 Å². The predicted molar refractivity (Wildman–Crippen MR) is 48.7 cm³/mol. The first-order chi connectivity index (χ1) is 6.29. The van der Waals surface area contributed by atoms with Crippen molar-refractivity contribution in [2.75, 3.05) is 18.4 Å². The van der Waals surface area contributed by atoms with E-state index in [1.807, 2.05) is 0 Å². The number of rotatable bonds is 3. The summed E-state index contributed by atoms with van der Waals surface area (Å²) >= 11 is 0. The third-order valence-electron chi connectivity index (χ3n) is 1.59. The van der Waals surface area contributed by atoms with Crippen LogP contribution in [0.25, 0.3) is 0 Å². The van der Waals surface area contributed by atoms with Crippen molar-refractivity contribution >= 4 is 5.69 Å². The molecule has 0 heterocycles. The molecule has 0 aliphatic carbocycles. The van der Waals surface area contributed by atoms with E-state index in [9.17, 15) is 4.39 Å². The maximum atomic E-state index is 13.0. The van der Waals surface area contributed by atoms with Crippen LogP contribution in [0, 0.1) is 17.1 Å². The predicted octanol–water partition coefficient (Wildman–Crippen LogP) is 1.07. The van der Waals surface area contributed by atoms with Gasteiger partial charge in [0.05, 0.1) is 5.69 Å². The molecule has 0 saturated heterocycles. The fourth-order valence-corrected chi connectivity index (χ4v) is 0.992. The fourth-order valence-electron chi connectivity index (χ4n) is 0.992. The maximum absolute atomic E-state index is 13.0. The molecule has 0 fully saturated rings. The normalized spacial score (nSPS) is 9.31. The van der Waals surface area contributed by atoms with E-state index in [2.05, 4.69) is 5.32 Å². The van der Waals surface area contributed by atoms with Gasteiger partial charge in [-0.2, -0.15) is 5.26 Å². The zero-order chi connectivity index (χ0) is 9.68. The van der Waals surface area contributed by atoms with Gasteiger partial charge in [0.2, 0.25) is 0 Å². The van der Waals surface area contributed by atoms with Crippen LogP contribution in [0.5, 0.6) is 0 Å². The van der Waals surface area contributed by atoms with Gasteiger partial charge in [-0.25, -0.2) is 4.39 Å². The maximum Gasteiger partial charge on any atom is 0.143 e. The molecule has 0 unspecified atom stereocenters. The molecular formula is C9H10FN3. The van der Waals surface area contributed by atoms with Crippen LogP contribution >= 0.6 is 0 Å². The Morgan fingerprint density at radius 2 is 2.31 bits per heavy atom. The van der Waals surface area contributed by atoms with Gasteiger partial charge in [0.1, 0.15) is 17.4 Å². The highest BCUT2D eigenvalue weighted by atomic mass is 19.1. The Kier molecular flexibility index (Phi) is 3.23. The summed E-state index contributed by atoms with van der Waals surface area (Å²) in [5.41, 5.74) is 5.80. The molecule has 0 radical (unpaired) electrons. The monoisotopic (exact) mass is 179 g/mol. The number of nitrogens with one attached hydrogen (secondary N) is 1. The van der Waals surface area contributed by atoms with E-state index in [4.69, 9.17) is 11.0 Å². The second kappa shape index (κ2) is 4.43. The summed E-state index contributed by atoms with van der Waals surface area (Å²) in [6.07, 6.45) is 0. The van der Waals surface area contributed by atoms with Crippen molar-refractivity contribution in [1.29, 1.82) is 5.26 Å². The molecule has 13 heavy (non-hydrogen) atoms. The highest BCUT2D eigenvalue weighted by molar-refractivity contribution is 5.57. The Morgan fingerprint density at radius 1 is 1.54 bits per heavy atom. The quantitative estimate of drug-likeness (QED) is 0.729. The summed E-state index contributed by atoms with van der Waals surface area (Å²) in [4.78, 5) is 0. The van der Waals surface area contributed by atoms with Gasteiger partial charge >= 0.3 is 0 Å². The van der Waals surface area contributed by atoms with Gasteiger partial charge in [0.25, 0.3) is 0 Å². The van der Waals surface area contributed by atoms with Crippen molar-refractivity contribution in [2.24, 2.45) is 5.73 Å². The molecule has 1 aromatic rings. The summed E-state index contributed by atoms with van der Waals surface area (Å²) in [6.45, 7) is 0.972. The molecule has 0 amide bonds. The van der Waals surface area contributed by atoms with Crippen LogP contribution in [-0.2, 0) is 0 Å². The van der Waals surface area contributed by atoms with Crippen LogP contribution in [0.1, 0.15) is 5.56 Å².